The smallest absolute Gasteiger partial charge is 0.0681 e. The van der Waals surface area contributed by atoms with Gasteiger partial charge in [0.25, 0.3) is 0 Å². The van der Waals surface area contributed by atoms with Crippen molar-refractivity contribution in [2.75, 3.05) is 6.54 Å². The molecule has 2 aromatic carbocycles. The summed E-state index contributed by atoms with van der Waals surface area (Å²) < 4.78 is 0. The van der Waals surface area contributed by atoms with Crippen molar-refractivity contribution in [2.45, 2.75) is 13.2 Å². The Labute approximate surface area is 114 Å². The Morgan fingerprint density at radius 3 is 2.26 bits per heavy atom. The minimum Gasteiger partial charge on any atom is -0.392 e. The molecular weight excluding hydrogens is 234 g/mol. The number of rotatable bonds is 4. The van der Waals surface area contributed by atoms with Gasteiger partial charge in [-0.15, -0.1) is 0 Å². The number of aliphatic hydroxyl groups is 1. The summed E-state index contributed by atoms with van der Waals surface area (Å²) in [4.78, 5) is 0. The van der Waals surface area contributed by atoms with Gasteiger partial charge in [0.05, 0.1) is 13.2 Å². The first-order chi connectivity index (χ1) is 9.38. The summed E-state index contributed by atoms with van der Waals surface area (Å²) in [7, 11) is 0. The molecule has 0 bridgehead atoms. The summed E-state index contributed by atoms with van der Waals surface area (Å²) in [5.74, 6) is 6.20. The van der Waals surface area contributed by atoms with Gasteiger partial charge in [0.2, 0.25) is 0 Å². The van der Waals surface area contributed by atoms with Crippen LogP contribution in [0.4, 0.5) is 0 Å². The van der Waals surface area contributed by atoms with Gasteiger partial charge in [-0.05, 0) is 23.3 Å². The Morgan fingerprint density at radius 2 is 1.58 bits per heavy atom. The number of aliphatic hydroxyl groups excluding tert-OH is 1. The average molecular weight is 251 g/mol. The minimum absolute atomic E-state index is 0.0935. The first kappa shape index (κ1) is 13.4. The van der Waals surface area contributed by atoms with E-state index in [1.807, 2.05) is 54.6 Å². The fraction of sp³-hybridized carbons (Fsp3) is 0.176. The zero-order chi connectivity index (χ0) is 13.3. The lowest BCUT2D eigenvalue weighted by atomic mass is 10.1. The van der Waals surface area contributed by atoms with Crippen LogP contribution in [0.15, 0.2) is 54.6 Å². The quantitative estimate of drug-likeness (QED) is 0.645. The van der Waals surface area contributed by atoms with Gasteiger partial charge in [0, 0.05) is 12.1 Å². The summed E-state index contributed by atoms with van der Waals surface area (Å²) in [5, 5.41) is 12.2. The molecule has 2 aromatic rings. The molecule has 0 spiro atoms. The van der Waals surface area contributed by atoms with E-state index >= 15 is 0 Å². The third kappa shape index (κ3) is 4.59. The summed E-state index contributed by atoms with van der Waals surface area (Å²) >= 11 is 0. The number of hydrogen-bond acceptors (Lipinski definition) is 2. The van der Waals surface area contributed by atoms with Crippen LogP contribution >= 0.6 is 0 Å². The van der Waals surface area contributed by atoms with Crippen LogP contribution in [0.2, 0.25) is 0 Å². The van der Waals surface area contributed by atoms with Gasteiger partial charge in [-0.3, -0.25) is 0 Å². The fourth-order valence-electron chi connectivity index (χ4n) is 1.70. The van der Waals surface area contributed by atoms with Gasteiger partial charge in [-0.1, -0.05) is 54.3 Å². The van der Waals surface area contributed by atoms with Crippen molar-refractivity contribution in [2.24, 2.45) is 0 Å². The summed E-state index contributed by atoms with van der Waals surface area (Å²) in [6.45, 7) is 1.54. The normalized spacial score (nSPS) is 9.74. The van der Waals surface area contributed by atoms with Crippen LogP contribution in [0.5, 0.6) is 0 Å². The van der Waals surface area contributed by atoms with Gasteiger partial charge < -0.3 is 10.4 Å². The lowest BCUT2D eigenvalue weighted by molar-refractivity contribution is 0.282. The van der Waals surface area contributed by atoms with E-state index in [1.165, 1.54) is 5.56 Å². The molecule has 2 heteroatoms. The molecule has 0 heterocycles. The molecule has 0 aliphatic heterocycles. The maximum absolute atomic E-state index is 8.95. The second-order valence-electron chi connectivity index (χ2n) is 4.25. The topological polar surface area (TPSA) is 32.3 Å². The van der Waals surface area contributed by atoms with E-state index in [2.05, 4.69) is 17.2 Å². The number of benzene rings is 2. The molecule has 2 rings (SSSR count). The number of hydrogen-bond donors (Lipinski definition) is 2. The summed E-state index contributed by atoms with van der Waals surface area (Å²) in [5.41, 5.74) is 3.17. The molecule has 0 fully saturated rings. The molecule has 0 amide bonds. The lowest BCUT2D eigenvalue weighted by Crippen LogP contribution is -2.13. The third-order valence-corrected chi connectivity index (χ3v) is 2.75. The molecule has 0 aliphatic carbocycles. The van der Waals surface area contributed by atoms with Gasteiger partial charge in [-0.25, -0.2) is 0 Å². The van der Waals surface area contributed by atoms with Crippen LogP contribution in [0.1, 0.15) is 16.7 Å². The molecule has 0 saturated carbocycles. The van der Waals surface area contributed by atoms with Crippen molar-refractivity contribution in [3.05, 3.63) is 71.3 Å². The van der Waals surface area contributed by atoms with Crippen molar-refractivity contribution in [3.63, 3.8) is 0 Å². The van der Waals surface area contributed by atoms with E-state index in [-0.39, 0.29) is 6.61 Å². The standard InChI is InChI=1S/C17H17NO/c19-14-17-10-8-16(9-11-17)13-18-12-4-7-15-5-2-1-3-6-15/h1-3,5-6,8-11,18-19H,12-14H2. The minimum atomic E-state index is 0.0935. The highest BCUT2D eigenvalue weighted by atomic mass is 16.3. The van der Waals surface area contributed by atoms with Gasteiger partial charge >= 0.3 is 0 Å². The van der Waals surface area contributed by atoms with Crippen molar-refractivity contribution in [1.29, 1.82) is 0 Å². The highest BCUT2D eigenvalue weighted by Crippen LogP contribution is 2.03. The molecule has 0 radical (unpaired) electrons. The van der Waals surface area contributed by atoms with Crippen molar-refractivity contribution >= 4 is 0 Å². The Kier molecular flexibility index (Phi) is 5.18. The predicted octanol–water partition coefficient (Wildman–Crippen LogP) is 2.32. The van der Waals surface area contributed by atoms with Crippen LogP contribution < -0.4 is 5.32 Å². The first-order valence-electron chi connectivity index (χ1n) is 6.32. The average Bonchev–Trinajstić information content (AvgIpc) is 2.49. The molecular formula is C17H17NO. The van der Waals surface area contributed by atoms with Crippen LogP contribution in [-0.4, -0.2) is 11.7 Å². The summed E-state index contributed by atoms with van der Waals surface area (Å²) in [6, 6.07) is 17.9. The van der Waals surface area contributed by atoms with E-state index < -0.39 is 0 Å². The van der Waals surface area contributed by atoms with E-state index in [9.17, 15) is 0 Å². The van der Waals surface area contributed by atoms with Gasteiger partial charge in [0.1, 0.15) is 0 Å². The van der Waals surface area contributed by atoms with Crippen molar-refractivity contribution < 1.29 is 5.11 Å². The van der Waals surface area contributed by atoms with Gasteiger partial charge in [-0.2, -0.15) is 0 Å². The van der Waals surface area contributed by atoms with E-state index in [4.69, 9.17) is 5.11 Å². The molecule has 19 heavy (non-hydrogen) atoms. The van der Waals surface area contributed by atoms with Crippen LogP contribution in [-0.2, 0) is 13.2 Å². The molecule has 0 atom stereocenters. The third-order valence-electron chi connectivity index (χ3n) is 2.75. The summed E-state index contributed by atoms with van der Waals surface area (Å²) in [6.07, 6.45) is 0. The van der Waals surface area contributed by atoms with Crippen LogP contribution in [0, 0.1) is 11.8 Å². The SMILES string of the molecule is OCc1ccc(CNCC#Cc2ccccc2)cc1. The van der Waals surface area contributed by atoms with Crippen LogP contribution in [0.25, 0.3) is 0 Å². The first-order valence-corrected chi connectivity index (χ1v) is 6.32. The van der Waals surface area contributed by atoms with E-state index in [0.29, 0.717) is 6.54 Å². The molecule has 0 aromatic heterocycles. The largest absolute Gasteiger partial charge is 0.392 e. The maximum atomic E-state index is 8.95. The Morgan fingerprint density at radius 1 is 0.895 bits per heavy atom. The lowest BCUT2D eigenvalue weighted by Gasteiger charge is -2.02. The maximum Gasteiger partial charge on any atom is 0.0681 e. The molecule has 2 N–H and O–H groups in total. The van der Waals surface area contributed by atoms with Crippen molar-refractivity contribution in [1.82, 2.24) is 5.32 Å². The van der Waals surface area contributed by atoms with E-state index in [0.717, 1.165) is 17.7 Å². The molecule has 96 valence electrons. The molecule has 0 unspecified atom stereocenters. The van der Waals surface area contributed by atoms with Crippen molar-refractivity contribution in [3.8, 4) is 11.8 Å². The second kappa shape index (κ2) is 7.38. The molecule has 0 aliphatic rings. The second-order valence-corrected chi connectivity index (χ2v) is 4.25. The number of nitrogens with one attached hydrogen (secondary N) is 1. The van der Waals surface area contributed by atoms with Gasteiger partial charge in [0.15, 0.2) is 0 Å². The monoisotopic (exact) mass is 251 g/mol. The molecule has 0 saturated heterocycles. The van der Waals surface area contributed by atoms with E-state index in [1.54, 1.807) is 0 Å². The highest BCUT2D eigenvalue weighted by Gasteiger charge is 1.92. The predicted molar refractivity (Wildman–Crippen MR) is 77.4 cm³/mol. The highest BCUT2D eigenvalue weighted by molar-refractivity contribution is 5.33. The fourth-order valence-corrected chi connectivity index (χ4v) is 1.70. The molecule has 2 nitrogen and oxygen atoms in total. The zero-order valence-corrected chi connectivity index (χ0v) is 10.8. The Bertz CT molecular complexity index is 549. The zero-order valence-electron chi connectivity index (χ0n) is 10.8. The Hall–Kier alpha value is -2.08. The van der Waals surface area contributed by atoms with Crippen LogP contribution in [0.3, 0.4) is 0 Å². The Balaban J connectivity index is 1.76.